The number of aromatic hydroxyl groups is 1. The molecule has 0 aliphatic rings. The molecule has 5 heteroatoms. The summed E-state index contributed by atoms with van der Waals surface area (Å²) < 4.78 is 0. The van der Waals surface area contributed by atoms with Crippen LogP contribution in [0.1, 0.15) is 5.56 Å². The largest absolute Gasteiger partial charge is 0.508 e. The Morgan fingerprint density at radius 2 is 2.00 bits per heavy atom. The number of benzene rings is 1. The molecule has 0 unspecified atom stereocenters. The number of imide groups is 1. The lowest BCUT2D eigenvalue weighted by Crippen LogP contribution is -2.21. The normalized spacial score (nSPS) is 10.9. The molecule has 0 saturated carbocycles. The molecule has 0 aliphatic heterocycles. The summed E-state index contributed by atoms with van der Waals surface area (Å²) in [6.45, 7) is 0. The van der Waals surface area contributed by atoms with Gasteiger partial charge in [-0.05, 0) is 30.0 Å². The first kappa shape index (κ1) is 12.3. The number of rotatable bonds is 4. The molecule has 4 nitrogen and oxygen atoms in total. The van der Waals surface area contributed by atoms with Crippen molar-refractivity contribution in [2.75, 3.05) is 6.26 Å². The third-order valence-electron chi connectivity index (χ3n) is 1.82. The average molecular weight is 237 g/mol. The molecular weight excluding hydrogens is 226 g/mol. The number of carbonyl (C=O) groups excluding carboxylic acids is 2. The Morgan fingerprint density at radius 1 is 1.38 bits per heavy atom. The standard InChI is InChI=1S/C11H11NO3S/c1-16-10(11(15)12-7-13)6-8-2-4-9(14)5-3-8/h2-7,14H,1H3,(H,12,13,15)/b10-6+. The molecule has 1 rings (SSSR count). The summed E-state index contributed by atoms with van der Waals surface area (Å²) in [6, 6.07) is 6.42. The molecule has 84 valence electrons. The van der Waals surface area contributed by atoms with Crippen LogP contribution in [0.4, 0.5) is 0 Å². The molecule has 0 radical (unpaired) electrons. The summed E-state index contributed by atoms with van der Waals surface area (Å²) in [7, 11) is 0. The van der Waals surface area contributed by atoms with Crippen molar-refractivity contribution in [3.05, 3.63) is 34.7 Å². The summed E-state index contributed by atoms with van der Waals surface area (Å²) >= 11 is 1.24. The molecule has 0 heterocycles. The van der Waals surface area contributed by atoms with Crippen LogP contribution in [0.15, 0.2) is 29.2 Å². The molecule has 0 aromatic heterocycles. The van der Waals surface area contributed by atoms with Crippen molar-refractivity contribution >= 4 is 30.2 Å². The lowest BCUT2D eigenvalue weighted by molar-refractivity contribution is -0.121. The van der Waals surface area contributed by atoms with Crippen molar-refractivity contribution < 1.29 is 14.7 Å². The van der Waals surface area contributed by atoms with Crippen molar-refractivity contribution in [3.8, 4) is 5.75 Å². The van der Waals surface area contributed by atoms with Gasteiger partial charge in [-0.25, -0.2) is 0 Å². The Bertz CT molecular complexity index is 412. The molecule has 1 aromatic carbocycles. The highest BCUT2D eigenvalue weighted by Gasteiger charge is 2.06. The van der Waals surface area contributed by atoms with Gasteiger partial charge in [0.1, 0.15) is 5.75 Å². The molecule has 0 bridgehead atoms. The fraction of sp³-hybridized carbons (Fsp3) is 0.0909. The first-order valence-electron chi connectivity index (χ1n) is 4.46. The van der Waals surface area contributed by atoms with E-state index in [9.17, 15) is 9.59 Å². The number of thioether (sulfide) groups is 1. The Kier molecular flexibility index (Phi) is 4.60. The summed E-state index contributed by atoms with van der Waals surface area (Å²) in [4.78, 5) is 21.9. The number of hydrogen-bond acceptors (Lipinski definition) is 4. The molecule has 0 atom stereocenters. The predicted octanol–water partition coefficient (Wildman–Crippen LogP) is 1.37. The maximum absolute atomic E-state index is 11.4. The maximum Gasteiger partial charge on any atom is 0.264 e. The third kappa shape index (κ3) is 3.43. The van der Waals surface area contributed by atoms with Gasteiger partial charge < -0.3 is 5.11 Å². The van der Waals surface area contributed by atoms with Crippen LogP contribution in [0, 0.1) is 0 Å². The van der Waals surface area contributed by atoms with E-state index < -0.39 is 5.91 Å². The van der Waals surface area contributed by atoms with E-state index in [-0.39, 0.29) is 5.75 Å². The number of nitrogens with one attached hydrogen (secondary N) is 1. The SMILES string of the molecule is CS/C(=C/c1ccc(O)cc1)C(=O)NC=O. The van der Waals surface area contributed by atoms with Crippen molar-refractivity contribution in [3.63, 3.8) is 0 Å². The second-order valence-electron chi connectivity index (χ2n) is 2.90. The molecular formula is C11H11NO3S. The highest BCUT2D eigenvalue weighted by atomic mass is 32.2. The van der Waals surface area contributed by atoms with Gasteiger partial charge in [0, 0.05) is 0 Å². The van der Waals surface area contributed by atoms with E-state index >= 15 is 0 Å². The van der Waals surface area contributed by atoms with Crippen LogP contribution >= 0.6 is 11.8 Å². The number of amides is 2. The molecule has 2 amide bonds. The molecule has 0 spiro atoms. The van der Waals surface area contributed by atoms with Gasteiger partial charge in [0.2, 0.25) is 6.41 Å². The number of hydrogen-bond donors (Lipinski definition) is 2. The van der Waals surface area contributed by atoms with Crippen LogP contribution in [0.2, 0.25) is 0 Å². The zero-order valence-corrected chi connectivity index (χ0v) is 9.45. The van der Waals surface area contributed by atoms with Crippen LogP contribution in [-0.2, 0) is 9.59 Å². The number of carbonyl (C=O) groups is 2. The molecule has 0 saturated heterocycles. The van der Waals surface area contributed by atoms with E-state index in [1.54, 1.807) is 24.5 Å². The van der Waals surface area contributed by atoms with E-state index in [1.807, 2.05) is 0 Å². The van der Waals surface area contributed by atoms with Crippen LogP contribution < -0.4 is 5.32 Å². The van der Waals surface area contributed by atoms with Gasteiger partial charge in [-0.15, -0.1) is 11.8 Å². The molecule has 2 N–H and O–H groups in total. The summed E-state index contributed by atoms with van der Waals surface area (Å²) in [6.07, 6.45) is 3.74. The maximum atomic E-state index is 11.4. The van der Waals surface area contributed by atoms with Gasteiger partial charge in [-0.1, -0.05) is 12.1 Å². The van der Waals surface area contributed by atoms with Gasteiger partial charge in [0.15, 0.2) is 0 Å². The van der Waals surface area contributed by atoms with E-state index in [1.165, 1.54) is 23.9 Å². The van der Waals surface area contributed by atoms with E-state index in [4.69, 9.17) is 5.11 Å². The van der Waals surface area contributed by atoms with Crippen molar-refractivity contribution in [1.29, 1.82) is 0 Å². The van der Waals surface area contributed by atoms with E-state index in [2.05, 4.69) is 5.32 Å². The van der Waals surface area contributed by atoms with E-state index in [0.717, 1.165) is 5.56 Å². The van der Waals surface area contributed by atoms with Gasteiger partial charge >= 0.3 is 0 Å². The Morgan fingerprint density at radius 3 is 2.50 bits per heavy atom. The third-order valence-corrected chi connectivity index (χ3v) is 2.57. The lowest BCUT2D eigenvalue weighted by Gasteiger charge is -2.01. The lowest BCUT2D eigenvalue weighted by atomic mass is 10.2. The van der Waals surface area contributed by atoms with Crippen LogP contribution in [-0.4, -0.2) is 23.7 Å². The fourth-order valence-electron chi connectivity index (χ4n) is 1.06. The van der Waals surface area contributed by atoms with Crippen LogP contribution in [0.3, 0.4) is 0 Å². The smallest absolute Gasteiger partial charge is 0.264 e. The molecule has 1 aromatic rings. The minimum absolute atomic E-state index is 0.167. The van der Waals surface area contributed by atoms with Gasteiger partial charge in [0.05, 0.1) is 4.91 Å². The van der Waals surface area contributed by atoms with E-state index in [0.29, 0.717) is 11.3 Å². The van der Waals surface area contributed by atoms with Crippen LogP contribution in [0.25, 0.3) is 6.08 Å². The van der Waals surface area contributed by atoms with Crippen molar-refractivity contribution in [2.24, 2.45) is 0 Å². The van der Waals surface area contributed by atoms with Crippen LogP contribution in [0.5, 0.6) is 5.75 Å². The van der Waals surface area contributed by atoms with Crippen molar-refractivity contribution in [2.45, 2.75) is 0 Å². The highest BCUT2D eigenvalue weighted by molar-refractivity contribution is 8.03. The fourth-order valence-corrected chi connectivity index (χ4v) is 1.56. The van der Waals surface area contributed by atoms with Crippen molar-refractivity contribution in [1.82, 2.24) is 5.32 Å². The molecule has 0 fully saturated rings. The minimum atomic E-state index is -0.435. The monoisotopic (exact) mass is 237 g/mol. The second kappa shape index (κ2) is 5.97. The quantitative estimate of drug-likeness (QED) is 0.613. The van der Waals surface area contributed by atoms with Gasteiger partial charge in [-0.2, -0.15) is 0 Å². The number of phenols is 1. The predicted molar refractivity (Wildman–Crippen MR) is 63.8 cm³/mol. The molecule has 16 heavy (non-hydrogen) atoms. The zero-order valence-electron chi connectivity index (χ0n) is 8.64. The summed E-state index contributed by atoms with van der Waals surface area (Å²) in [5.74, 6) is -0.268. The Balaban J connectivity index is 2.91. The zero-order chi connectivity index (χ0) is 12.0. The summed E-state index contributed by atoms with van der Waals surface area (Å²) in [5.41, 5.74) is 0.781. The highest BCUT2D eigenvalue weighted by Crippen LogP contribution is 2.18. The average Bonchev–Trinajstić information content (AvgIpc) is 2.28. The second-order valence-corrected chi connectivity index (χ2v) is 3.74. The topological polar surface area (TPSA) is 66.4 Å². The minimum Gasteiger partial charge on any atom is -0.508 e. The summed E-state index contributed by atoms with van der Waals surface area (Å²) in [5, 5.41) is 11.2. The van der Waals surface area contributed by atoms with Gasteiger partial charge in [0.25, 0.3) is 5.91 Å². The first-order chi connectivity index (χ1) is 7.67. The van der Waals surface area contributed by atoms with Gasteiger partial charge in [-0.3, -0.25) is 14.9 Å². The number of phenolic OH excluding ortho intramolecular Hbond substituents is 1. The first-order valence-corrected chi connectivity index (χ1v) is 5.69. The molecule has 0 aliphatic carbocycles. The Labute approximate surface area is 97.4 Å². The Hall–Kier alpha value is -1.75.